The van der Waals surface area contributed by atoms with Crippen molar-refractivity contribution in [3.63, 3.8) is 0 Å². The second-order valence-corrected chi connectivity index (χ2v) is 4.57. The maximum Gasteiger partial charge on any atom is 0.329 e. The van der Waals surface area contributed by atoms with Gasteiger partial charge in [-0.15, -0.1) is 0 Å². The van der Waals surface area contributed by atoms with Crippen LogP contribution in [-0.4, -0.2) is 41.7 Å². The van der Waals surface area contributed by atoms with Gasteiger partial charge >= 0.3 is 5.97 Å². The molecular formula is C11H11BrN2O6. The number of nitro groups is 1. The number of nitro benzene ring substituents is 1. The number of carboxylic acid groups (broad SMARTS) is 1. The first-order chi connectivity index (χ1) is 9.40. The lowest BCUT2D eigenvalue weighted by Gasteiger charge is -2.05. The highest BCUT2D eigenvalue weighted by Crippen LogP contribution is 2.21. The molecule has 0 aromatic heterocycles. The molecule has 1 aromatic rings. The highest BCUT2D eigenvalue weighted by atomic mass is 79.9. The van der Waals surface area contributed by atoms with E-state index in [0.29, 0.717) is 4.47 Å². The van der Waals surface area contributed by atoms with E-state index < -0.39 is 23.4 Å². The Kier molecular flexibility index (Phi) is 6.07. The van der Waals surface area contributed by atoms with Gasteiger partial charge in [-0.05, 0) is 6.07 Å². The number of carboxylic acids is 1. The molecule has 0 bridgehead atoms. The largest absolute Gasteiger partial charge is 0.480 e. The lowest BCUT2D eigenvalue weighted by molar-refractivity contribution is -0.385. The molecule has 8 nitrogen and oxygen atoms in total. The van der Waals surface area contributed by atoms with Crippen LogP contribution in [0.1, 0.15) is 10.4 Å². The monoisotopic (exact) mass is 346 g/mol. The van der Waals surface area contributed by atoms with Crippen LogP contribution in [0.4, 0.5) is 5.69 Å². The number of rotatable bonds is 7. The van der Waals surface area contributed by atoms with Crippen LogP contribution in [0.3, 0.4) is 0 Å². The molecule has 0 saturated carbocycles. The molecule has 0 radical (unpaired) electrons. The van der Waals surface area contributed by atoms with E-state index in [9.17, 15) is 19.7 Å². The van der Waals surface area contributed by atoms with E-state index in [0.717, 1.165) is 6.07 Å². The van der Waals surface area contributed by atoms with Gasteiger partial charge in [0.05, 0.1) is 11.5 Å². The highest BCUT2D eigenvalue weighted by molar-refractivity contribution is 9.10. The van der Waals surface area contributed by atoms with Gasteiger partial charge < -0.3 is 15.2 Å². The lowest BCUT2D eigenvalue weighted by atomic mass is 10.2. The zero-order chi connectivity index (χ0) is 15.1. The predicted molar refractivity (Wildman–Crippen MR) is 71.6 cm³/mol. The number of amides is 1. The number of carbonyl (C=O) groups is 2. The highest BCUT2D eigenvalue weighted by Gasteiger charge is 2.13. The fourth-order valence-electron chi connectivity index (χ4n) is 1.31. The summed E-state index contributed by atoms with van der Waals surface area (Å²) in [7, 11) is 0. The van der Waals surface area contributed by atoms with Gasteiger partial charge in [0, 0.05) is 28.7 Å². The predicted octanol–water partition coefficient (Wildman–Crippen LogP) is 1.19. The average Bonchev–Trinajstić information content (AvgIpc) is 2.36. The van der Waals surface area contributed by atoms with E-state index in [1.807, 2.05) is 0 Å². The van der Waals surface area contributed by atoms with Crippen molar-refractivity contribution in [2.45, 2.75) is 0 Å². The summed E-state index contributed by atoms with van der Waals surface area (Å²) in [4.78, 5) is 32.0. The van der Waals surface area contributed by atoms with E-state index in [-0.39, 0.29) is 24.4 Å². The van der Waals surface area contributed by atoms with Crippen LogP contribution < -0.4 is 5.32 Å². The standard InChI is InChI=1S/C11H11BrN2O6/c12-8-3-7(4-9(5-8)14(18)19)11(17)13-1-2-20-6-10(15)16/h3-5H,1-2,6H2,(H,13,17)(H,15,16). The molecule has 1 amide bonds. The fraction of sp³-hybridized carbons (Fsp3) is 0.273. The van der Waals surface area contributed by atoms with Crippen LogP contribution in [0.25, 0.3) is 0 Å². The molecule has 0 saturated heterocycles. The Hall–Kier alpha value is -2.00. The van der Waals surface area contributed by atoms with Crippen molar-refractivity contribution in [3.05, 3.63) is 38.3 Å². The van der Waals surface area contributed by atoms with Crippen molar-refractivity contribution < 1.29 is 24.4 Å². The van der Waals surface area contributed by atoms with E-state index >= 15 is 0 Å². The molecule has 0 aliphatic carbocycles. The minimum Gasteiger partial charge on any atom is -0.480 e. The third-order valence-corrected chi connectivity index (χ3v) is 2.57. The SMILES string of the molecule is O=C(O)COCCNC(=O)c1cc(Br)cc([N+](=O)[O-])c1. The van der Waals surface area contributed by atoms with Gasteiger partial charge in [0.1, 0.15) is 6.61 Å². The Morgan fingerprint density at radius 3 is 2.70 bits per heavy atom. The van der Waals surface area contributed by atoms with Gasteiger partial charge in [-0.2, -0.15) is 0 Å². The van der Waals surface area contributed by atoms with E-state index in [1.165, 1.54) is 12.1 Å². The molecule has 9 heteroatoms. The van der Waals surface area contributed by atoms with Gasteiger partial charge in [0.25, 0.3) is 11.6 Å². The topological polar surface area (TPSA) is 119 Å². The third kappa shape index (κ3) is 5.33. The molecule has 0 atom stereocenters. The van der Waals surface area contributed by atoms with Crippen molar-refractivity contribution in [3.8, 4) is 0 Å². The summed E-state index contributed by atoms with van der Waals surface area (Å²) in [6.07, 6.45) is 0. The maximum absolute atomic E-state index is 11.7. The lowest BCUT2D eigenvalue weighted by Crippen LogP contribution is -2.28. The summed E-state index contributed by atoms with van der Waals surface area (Å²) in [5.41, 5.74) is -0.0732. The first-order valence-corrected chi connectivity index (χ1v) is 6.22. The Labute approximate surface area is 122 Å². The van der Waals surface area contributed by atoms with Crippen LogP contribution >= 0.6 is 15.9 Å². The number of aliphatic carboxylic acids is 1. The Bertz CT molecular complexity index is 534. The quantitative estimate of drug-likeness (QED) is 0.434. The summed E-state index contributed by atoms with van der Waals surface area (Å²) >= 11 is 3.08. The number of ether oxygens (including phenoxy) is 1. The molecule has 0 fully saturated rings. The molecule has 0 heterocycles. The summed E-state index contributed by atoms with van der Waals surface area (Å²) in [5, 5.41) is 21.5. The number of benzene rings is 1. The molecule has 1 rings (SSSR count). The number of halogens is 1. The summed E-state index contributed by atoms with van der Waals surface area (Å²) < 4.78 is 5.15. The van der Waals surface area contributed by atoms with Crippen molar-refractivity contribution in [2.24, 2.45) is 0 Å². The van der Waals surface area contributed by atoms with Gasteiger partial charge in [-0.25, -0.2) is 4.79 Å². The first-order valence-electron chi connectivity index (χ1n) is 5.43. The minimum absolute atomic E-state index is 0.0358. The van der Waals surface area contributed by atoms with Crippen molar-refractivity contribution in [2.75, 3.05) is 19.8 Å². The summed E-state index contributed by atoms with van der Waals surface area (Å²) in [6.45, 7) is -0.307. The number of carbonyl (C=O) groups excluding carboxylic acids is 1. The van der Waals surface area contributed by atoms with Crippen molar-refractivity contribution in [1.29, 1.82) is 0 Å². The molecule has 0 spiro atoms. The Balaban J connectivity index is 2.55. The molecule has 1 aromatic carbocycles. The smallest absolute Gasteiger partial charge is 0.329 e. The van der Waals surface area contributed by atoms with Gasteiger partial charge in [-0.1, -0.05) is 15.9 Å². The van der Waals surface area contributed by atoms with E-state index in [1.54, 1.807) is 0 Å². The number of hydrogen-bond acceptors (Lipinski definition) is 5. The van der Waals surface area contributed by atoms with E-state index in [4.69, 9.17) is 9.84 Å². The zero-order valence-corrected chi connectivity index (χ0v) is 11.8. The van der Waals surface area contributed by atoms with Crippen LogP contribution in [0.5, 0.6) is 0 Å². The maximum atomic E-state index is 11.7. The first kappa shape index (κ1) is 16.1. The minimum atomic E-state index is -1.10. The Morgan fingerprint density at radius 2 is 2.10 bits per heavy atom. The molecule has 0 unspecified atom stereocenters. The molecule has 0 aliphatic heterocycles. The van der Waals surface area contributed by atoms with Crippen molar-refractivity contribution >= 4 is 33.5 Å². The van der Waals surface area contributed by atoms with Crippen LogP contribution in [0.15, 0.2) is 22.7 Å². The molecule has 20 heavy (non-hydrogen) atoms. The number of non-ortho nitro benzene ring substituents is 1. The van der Waals surface area contributed by atoms with Gasteiger partial charge in [0.2, 0.25) is 0 Å². The van der Waals surface area contributed by atoms with Crippen LogP contribution in [-0.2, 0) is 9.53 Å². The van der Waals surface area contributed by atoms with Crippen LogP contribution in [0, 0.1) is 10.1 Å². The average molecular weight is 347 g/mol. The number of nitrogens with zero attached hydrogens (tertiary/aromatic N) is 1. The second-order valence-electron chi connectivity index (χ2n) is 3.66. The summed E-state index contributed by atoms with van der Waals surface area (Å²) in [5.74, 6) is -1.60. The Morgan fingerprint density at radius 1 is 1.40 bits per heavy atom. The molecular weight excluding hydrogens is 336 g/mol. The third-order valence-electron chi connectivity index (χ3n) is 2.11. The van der Waals surface area contributed by atoms with Gasteiger partial charge in [0.15, 0.2) is 0 Å². The fourth-order valence-corrected chi connectivity index (χ4v) is 1.79. The second kappa shape index (κ2) is 7.56. The zero-order valence-electron chi connectivity index (χ0n) is 10.2. The number of hydrogen-bond donors (Lipinski definition) is 2. The van der Waals surface area contributed by atoms with Crippen molar-refractivity contribution in [1.82, 2.24) is 5.32 Å². The number of nitrogens with one attached hydrogen (secondary N) is 1. The molecule has 0 aliphatic rings. The summed E-state index contributed by atoms with van der Waals surface area (Å²) in [6, 6.07) is 3.88. The normalized spacial score (nSPS) is 10.1. The van der Waals surface area contributed by atoms with E-state index in [2.05, 4.69) is 21.2 Å². The molecule has 2 N–H and O–H groups in total. The molecule has 108 valence electrons. The van der Waals surface area contributed by atoms with Crippen LogP contribution in [0.2, 0.25) is 0 Å². The van der Waals surface area contributed by atoms with Gasteiger partial charge in [-0.3, -0.25) is 14.9 Å².